The highest BCUT2D eigenvalue weighted by Crippen LogP contribution is 2.36. The summed E-state index contributed by atoms with van der Waals surface area (Å²) >= 11 is 3.48. The molecule has 1 unspecified atom stereocenters. The van der Waals surface area contributed by atoms with Crippen LogP contribution in [-0.4, -0.2) is 29.6 Å². The van der Waals surface area contributed by atoms with E-state index in [1.54, 1.807) is 0 Å². The highest BCUT2D eigenvalue weighted by atomic mass is 79.9. The van der Waals surface area contributed by atoms with E-state index in [0.29, 0.717) is 12.6 Å². The van der Waals surface area contributed by atoms with Gasteiger partial charge in [0.25, 0.3) is 0 Å². The fourth-order valence-electron chi connectivity index (χ4n) is 2.45. The molecular formula is C13H16BrNO2. The summed E-state index contributed by atoms with van der Waals surface area (Å²) in [5, 5.41) is 8.70. The lowest BCUT2D eigenvalue weighted by Crippen LogP contribution is -2.25. The maximum absolute atomic E-state index is 10.6. The lowest BCUT2D eigenvalue weighted by atomic mass is 10.1. The molecule has 1 aliphatic rings. The molecule has 0 radical (unpaired) electrons. The first kappa shape index (κ1) is 12.6. The quantitative estimate of drug-likeness (QED) is 0.929. The van der Waals surface area contributed by atoms with Gasteiger partial charge in [0.15, 0.2) is 0 Å². The molecule has 1 aromatic carbocycles. The van der Waals surface area contributed by atoms with Crippen molar-refractivity contribution in [2.45, 2.75) is 25.3 Å². The van der Waals surface area contributed by atoms with E-state index in [2.05, 4.69) is 39.0 Å². The minimum absolute atomic E-state index is 0.207. The third-order valence-corrected chi connectivity index (χ3v) is 3.85. The Morgan fingerprint density at radius 1 is 1.59 bits per heavy atom. The number of rotatable bonds is 4. The van der Waals surface area contributed by atoms with Crippen LogP contribution in [0.4, 0.5) is 0 Å². The summed E-state index contributed by atoms with van der Waals surface area (Å²) in [5.41, 5.74) is 2.73. The second-order valence-corrected chi connectivity index (χ2v) is 5.44. The summed E-state index contributed by atoms with van der Waals surface area (Å²) in [6.07, 6.45) is 2.37. The molecule has 0 fully saturated rings. The Kier molecular flexibility index (Phi) is 3.84. The van der Waals surface area contributed by atoms with Crippen LogP contribution in [0.25, 0.3) is 0 Å². The van der Waals surface area contributed by atoms with Gasteiger partial charge in [0.2, 0.25) is 0 Å². The minimum Gasteiger partial charge on any atom is -0.481 e. The highest BCUT2D eigenvalue weighted by Gasteiger charge is 2.25. The van der Waals surface area contributed by atoms with Gasteiger partial charge in [-0.05, 0) is 43.1 Å². The zero-order valence-electron chi connectivity index (χ0n) is 9.82. The van der Waals surface area contributed by atoms with Gasteiger partial charge in [-0.2, -0.15) is 0 Å². The fourth-order valence-corrected chi connectivity index (χ4v) is 2.86. The summed E-state index contributed by atoms with van der Waals surface area (Å²) < 4.78 is 1.12. The van der Waals surface area contributed by atoms with Crippen molar-refractivity contribution in [1.29, 1.82) is 0 Å². The molecule has 0 bridgehead atoms. The maximum atomic E-state index is 10.6. The van der Waals surface area contributed by atoms with Gasteiger partial charge < -0.3 is 5.11 Å². The van der Waals surface area contributed by atoms with E-state index >= 15 is 0 Å². The van der Waals surface area contributed by atoms with Crippen LogP contribution in [0, 0.1) is 0 Å². The van der Waals surface area contributed by atoms with Crippen LogP contribution in [0.5, 0.6) is 0 Å². The van der Waals surface area contributed by atoms with E-state index in [4.69, 9.17) is 5.11 Å². The van der Waals surface area contributed by atoms with Crippen molar-refractivity contribution < 1.29 is 9.90 Å². The number of benzene rings is 1. The smallest absolute Gasteiger partial charge is 0.304 e. The Hall–Kier alpha value is -0.870. The molecule has 1 aliphatic carbocycles. The number of nitrogens with zero attached hydrogens (tertiary/aromatic N) is 1. The molecular weight excluding hydrogens is 282 g/mol. The number of carbonyl (C=O) groups is 1. The van der Waals surface area contributed by atoms with Gasteiger partial charge in [0.1, 0.15) is 0 Å². The van der Waals surface area contributed by atoms with Gasteiger partial charge >= 0.3 is 5.97 Å². The number of carboxylic acid groups (broad SMARTS) is 1. The Bertz CT molecular complexity index is 433. The summed E-state index contributed by atoms with van der Waals surface area (Å²) in [6, 6.07) is 6.74. The Morgan fingerprint density at radius 3 is 3.06 bits per heavy atom. The third-order valence-electron chi connectivity index (χ3n) is 3.36. The molecule has 0 aromatic heterocycles. The molecule has 1 atom stereocenters. The summed E-state index contributed by atoms with van der Waals surface area (Å²) in [6.45, 7) is 0.607. The molecule has 1 N–H and O–H groups in total. The van der Waals surface area contributed by atoms with E-state index in [9.17, 15) is 4.79 Å². The standard InChI is InChI=1S/C13H16BrNO2/c1-15(7-6-13(16)17)12-5-2-9-8-10(14)3-4-11(9)12/h3-4,8,12H,2,5-7H2,1H3,(H,16,17). The lowest BCUT2D eigenvalue weighted by Gasteiger charge is -2.24. The molecule has 0 heterocycles. The number of aliphatic carboxylic acids is 1. The van der Waals surface area contributed by atoms with Crippen LogP contribution in [-0.2, 0) is 11.2 Å². The molecule has 92 valence electrons. The first-order valence-electron chi connectivity index (χ1n) is 5.78. The normalized spacial score (nSPS) is 18.4. The first-order valence-corrected chi connectivity index (χ1v) is 6.57. The van der Waals surface area contributed by atoms with Gasteiger partial charge in [-0.3, -0.25) is 9.69 Å². The number of aryl methyl sites for hydroxylation is 1. The van der Waals surface area contributed by atoms with Crippen LogP contribution in [0.1, 0.15) is 30.0 Å². The number of fused-ring (bicyclic) bond motifs is 1. The van der Waals surface area contributed by atoms with Crippen LogP contribution in [0.3, 0.4) is 0 Å². The van der Waals surface area contributed by atoms with Crippen molar-refractivity contribution in [3.05, 3.63) is 33.8 Å². The van der Waals surface area contributed by atoms with Crippen LogP contribution in [0.15, 0.2) is 22.7 Å². The number of carboxylic acids is 1. The van der Waals surface area contributed by atoms with Crippen molar-refractivity contribution in [2.24, 2.45) is 0 Å². The molecule has 0 spiro atoms. The van der Waals surface area contributed by atoms with Gasteiger partial charge in [-0.1, -0.05) is 22.0 Å². The van der Waals surface area contributed by atoms with Crippen molar-refractivity contribution in [3.8, 4) is 0 Å². The average Bonchev–Trinajstić information content (AvgIpc) is 2.68. The molecule has 1 aromatic rings. The largest absolute Gasteiger partial charge is 0.481 e. The topological polar surface area (TPSA) is 40.5 Å². The molecule has 17 heavy (non-hydrogen) atoms. The fraction of sp³-hybridized carbons (Fsp3) is 0.462. The van der Waals surface area contributed by atoms with E-state index in [1.165, 1.54) is 11.1 Å². The summed E-state index contributed by atoms with van der Waals surface area (Å²) in [4.78, 5) is 12.7. The zero-order chi connectivity index (χ0) is 12.4. The average molecular weight is 298 g/mol. The van der Waals surface area contributed by atoms with Crippen LogP contribution < -0.4 is 0 Å². The van der Waals surface area contributed by atoms with E-state index < -0.39 is 5.97 Å². The molecule has 0 aliphatic heterocycles. The van der Waals surface area contributed by atoms with Gasteiger partial charge in [-0.15, -0.1) is 0 Å². The van der Waals surface area contributed by atoms with Crippen LogP contribution >= 0.6 is 15.9 Å². The van der Waals surface area contributed by atoms with E-state index in [-0.39, 0.29) is 6.42 Å². The Balaban J connectivity index is 2.08. The van der Waals surface area contributed by atoms with Crippen LogP contribution in [0.2, 0.25) is 0 Å². The Labute approximate surface area is 110 Å². The van der Waals surface area contributed by atoms with Crippen molar-refractivity contribution in [1.82, 2.24) is 4.90 Å². The third kappa shape index (κ3) is 2.87. The summed E-state index contributed by atoms with van der Waals surface area (Å²) in [7, 11) is 2.00. The maximum Gasteiger partial charge on any atom is 0.304 e. The minimum atomic E-state index is -0.731. The van der Waals surface area contributed by atoms with Crippen molar-refractivity contribution >= 4 is 21.9 Å². The second kappa shape index (κ2) is 5.19. The lowest BCUT2D eigenvalue weighted by molar-refractivity contribution is -0.137. The molecule has 0 saturated heterocycles. The van der Waals surface area contributed by atoms with Crippen molar-refractivity contribution in [3.63, 3.8) is 0 Å². The zero-order valence-corrected chi connectivity index (χ0v) is 11.4. The number of hydrogen-bond donors (Lipinski definition) is 1. The summed E-state index contributed by atoms with van der Waals surface area (Å²) in [5.74, 6) is -0.731. The second-order valence-electron chi connectivity index (χ2n) is 4.52. The molecule has 0 saturated carbocycles. The SMILES string of the molecule is CN(CCC(=O)O)C1CCc2cc(Br)ccc21. The molecule has 0 amide bonds. The number of halogens is 1. The van der Waals surface area contributed by atoms with Gasteiger partial charge in [0, 0.05) is 17.1 Å². The Morgan fingerprint density at radius 2 is 2.35 bits per heavy atom. The molecule has 4 heteroatoms. The first-order chi connectivity index (χ1) is 8.08. The molecule has 3 nitrogen and oxygen atoms in total. The van der Waals surface area contributed by atoms with Gasteiger partial charge in [-0.25, -0.2) is 0 Å². The molecule has 2 rings (SSSR count). The highest BCUT2D eigenvalue weighted by molar-refractivity contribution is 9.10. The number of hydrogen-bond acceptors (Lipinski definition) is 2. The predicted molar refractivity (Wildman–Crippen MR) is 70.1 cm³/mol. The van der Waals surface area contributed by atoms with Gasteiger partial charge in [0.05, 0.1) is 6.42 Å². The van der Waals surface area contributed by atoms with Crippen molar-refractivity contribution in [2.75, 3.05) is 13.6 Å². The monoisotopic (exact) mass is 297 g/mol. The van der Waals surface area contributed by atoms with E-state index in [1.807, 2.05) is 7.05 Å². The van der Waals surface area contributed by atoms with E-state index in [0.717, 1.165) is 17.3 Å². The predicted octanol–water partition coefficient (Wildman–Crippen LogP) is 2.84.